The van der Waals surface area contributed by atoms with Gasteiger partial charge in [0.05, 0.1) is 33.6 Å². The predicted octanol–water partition coefficient (Wildman–Crippen LogP) is 2.30. The van der Waals surface area contributed by atoms with E-state index in [1.807, 2.05) is 0 Å². The van der Waals surface area contributed by atoms with E-state index in [4.69, 9.17) is 11.6 Å². The van der Waals surface area contributed by atoms with Gasteiger partial charge >= 0.3 is 4.87 Å². The molecule has 1 aliphatic heterocycles. The fourth-order valence-corrected chi connectivity index (χ4v) is 4.03. The minimum absolute atomic E-state index is 0.0364. The highest BCUT2D eigenvalue weighted by Crippen LogP contribution is 2.29. The number of carbonyl (C=O) groups excluding carboxylic acids is 1. The fourth-order valence-electron chi connectivity index (χ4n) is 2.47. The van der Waals surface area contributed by atoms with Crippen LogP contribution in [0.5, 0.6) is 0 Å². The number of aromatic nitrogens is 1. The Hall–Kier alpha value is -1.45. The largest absolute Gasteiger partial charge is 0.337 e. The van der Waals surface area contributed by atoms with Gasteiger partial charge in [0.15, 0.2) is 0 Å². The quantitative estimate of drug-likeness (QED) is 0.716. The second-order valence-corrected chi connectivity index (χ2v) is 7.36. The molecule has 1 aromatic carbocycles. The number of nitroso groups, excluding NO2 is 1. The lowest BCUT2D eigenvalue weighted by Crippen LogP contribution is -2.48. The van der Waals surface area contributed by atoms with Gasteiger partial charge in [0, 0.05) is 17.6 Å². The molecule has 0 bridgehead atoms. The van der Waals surface area contributed by atoms with Crippen LogP contribution in [0.25, 0.3) is 10.2 Å². The SMILES string of the molecule is O=NN1CCN(C(=O)Cn2c(=O)sc3cc(Br)c(Cl)cc32)CC1. The lowest BCUT2D eigenvalue weighted by Gasteiger charge is -2.31. The molecule has 0 aliphatic carbocycles. The lowest BCUT2D eigenvalue weighted by atomic mass is 10.3. The highest BCUT2D eigenvalue weighted by atomic mass is 79.9. The van der Waals surface area contributed by atoms with E-state index in [-0.39, 0.29) is 17.3 Å². The summed E-state index contributed by atoms with van der Waals surface area (Å²) in [6.07, 6.45) is 0. The lowest BCUT2D eigenvalue weighted by molar-refractivity contribution is -0.133. The summed E-state index contributed by atoms with van der Waals surface area (Å²) in [6.45, 7) is 1.63. The maximum absolute atomic E-state index is 12.4. The standard InChI is InChI=1S/C13H12BrClN4O3S/c14-8-5-11-10(6-9(8)15)19(13(21)23-11)7-12(20)17-1-3-18(16-22)4-2-17/h5-6H,1-4,7H2. The van der Waals surface area contributed by atoms with Crippen molar-refractivity contribution in [2.75, 3.05) is 26.2 Å². The van der Waals surface area contributed by atoms with E-state index >= 15 is 0 Å². The highest BCUT2D eigenvalue weighted by molar-refractivity contribution is 9.10. The van der Waals surface area contributed by atoms with Gasteiger partial charge in [-0.1, -0.05) is 22.9 Å². The van der Waals surface area contributed by atoms with Crippen molar-refractivity contribution >= 4 is 55.0 Å². The van der Waals surface area contributed by atoms with Gasteiger partial charge in [-0.3, -0.25) is 19.2 Å². The predicted molar refractivity (Wildman–Crippen MR) is 92.7 cm³/mol. The van der Waals surface area contributed by atoms with E-state index in [2.05, 4.69) is 21.2 Å². The molecular formula is C13H12BrClN4O3S. The van der Waals surface area contributed by atoms with E-state index in [1.54, 1.807) is 17.0 Å². The number of piperazine rings is 1. The summed E-state index contributed by atoms with van der Waals surface area (Å²) in [5, 5.41) is 4.73. The maximum Gasteiger partial charge on any atom is 0.308 e. The molecular weight excluding hydrogens is 408 g/mol. The molecule has 1 fully saturated rings. The Morgan fingerprint density at radius 3 is 2.65 bits per heavy atom. The number of benzene rings is 1. The third-order valence-corrected chi connectivity index (χ3v) is 5.87. The molecule has 0 atom stereocenters. The van der Waals surface area contributed by atoms with Crippen molar-refractivity contribution in [2.24, 2.45) is 5.29 Å². The van der Waals surface area contributed by atoms with E-state index in [9.17, 15) is 14.5 Å². The monoisotopic (exact) mass is 418 g/mol. The van der Waals surface area contributed by atoms with Gasteiger partial charge in [0.1, 0.15) is 6.54 Å². The molecule has 7 nitrogen and oxygen atoms in total. The number of hydrogen-bond donors (Lipinski definition) is 0. The zero-order chi connectivity index (χ0) is 16.6. The Morgan fingerprint density at radius 2 is 2.00 bits per heavy atom. The number of rotatable bonds is 3. The highest BCUT2D eigenvalue weighted by Gasteiger charge is 2.22. The van der Waals surface area contributed by atoms with Crippen molar-refractivity contribution in [2.45, 2.75) is 6.54 Å². The first-order valence-corrected chi connectivity index (χ1v) is 8.82. The minimum Gasteiger partial charge on any atom is -0.337 e. The van der Waals surface area contributed by atoms with Crippen LogP contribution in [-0.4, -0.2) is 46.6 Å². The van der Waals surface area contributed by atoms with Crippen molar-refractivity contribution in [3.63, 3.8) is 0 Å². The average Bonchev–Trinajstić information content (AvgIpc) is 2.83. The van der Waals surface area contributed by atoms with Gasteiger partial charge < -0.3 is 4.90 Å². The molecule has 0 radical (unpaired) electrons. The summed E-state index contributed by atoms with van der Waals surface area (Å²) in [7, 11) is 0. The third kappa shape index (κ3) is 3.26. The molecule has 1 aromatic heterocycles. The molecule has 0 spiro atoms. The molecule has 1 amide bonds. The molecule has 0 unspecified atom stereocenters. The summed E-state index contributed by atoms with van der Waals surface area (Å²) < 4.78 is 2.92. The van der Waals surface area contributed by atoms with Crippen LogP contribution in [0.1, 0.15) is 0 Å². The number of nitrogens with zero attached hydrogens (tertiary/aromatic N) is 4. The van der Waals surface area contributed by atoms with Crippen molar-refractivity contribution < 1.29 is 4.79 Å². The summed E-state index contributed by atoms with van der Waals surface area (Å²) in [5.74, 6) is -0.156. The maximum atomic E-state index is 12.4. The molecule has 23 heavy (non-hydrogen) atoms. The first-order valence-electron chi connectivity index (χ1n) is 6.84. The molecule has 0 saturated carbocycles. The first-order chi connectivity index (χ1) is 11.0. The molecule has 2 aromatic rings. The number of halogens is 2. The number of hydrogen-bond acceptors (Lipinski definition) is 5. The smallest absolute Gasteiger partial charge is 0.308 e. The summed E-state index contributed by atoms with van der Waals surface area (Å²) in [5.41, 5.74) is 0.648. The molecule has 3 rings (SSSR count). The summed E-state index contributed by atoms with van der Waals surface area (Å²) in [6, 6.07) is 3.46. The topological polar surface area (TPSA) is 75.0 Å². The molecule has 122 valence electrons. The number of fused-ring (bicyclic) bond motifs is 1. The Bertz CT molecular complexity index is 828. The normalized spacial score (nSPS) is 15.2. The van der Waals surface area contributed by atoms with E-state index in [1.165, 1.54) is 9.58 Å². The number of amides is 1. The van der Waals surface area contributed by atoms with Gasteiger partial charge in [0.25, 0.3) is 0 Å². The molecule has 10 heteroatoms. The number of carbonyl (C=O) groups is 1. The summed E-state index contributed by atoms with van der Waals surface area (Å²) in [4.78, 5) is 36.5. The van der Waals surface area contributed by atoms with E-state index in [0.29, 0.717) is 41.2 Å². The fraction of sp³-hybridized carbons (Fsp3) is 0.385. The molecule has 0 N–H and O–H groups in total. The van der Waals surface area contributed by atoms with Crippen LogP contribution in [0.4, 0.5) is 0 Å². The molecule has 2 heterocycles. The molecule has 1 saturated heterocycles. The molecule has 1 aliphatic rings. The van der Waals surface area contributed by atoms with Crippen LogP contribution in [0.15, 0.2) is 26.7 Å². The van der Waals surface area contributed by atoms with E-state index in [0.717, 1.165) is 16.0 Å². The Balaban J connectivity index is 1.83. The number of thiazole rings is 1. The van der Waals surface area contributed by atoms with Crippen molar-refractivity contribution in [3.8, 4) is 0 Å². The zero-order valence-electron chi connectivity index (χ0n) is 11.9. The summed E-state index contributed by atoms with van der Waals surface area (Å²) >= 11 is 10.5. The second kappa shape index (κ2) is 6.58. The van der Waals surface area contributed by atoms with Crippen molar-refractivity contribution in [3.05, 3.63) is 36.2 Å². The third-order valence-electron chi connectivity index (χ3n) is 3.73. The van der Waals surface area contributed by atoms with Crippen molar-refractivity contribution in [1.82, 2.24) is 14.5 Å². The zero-order valence-corrected chi connectivity index (χ0v) is 15.0. The first kappa shape index (κ1) is 16.4. The van der Waals surface area contributed by atoms with Crippen LogP contribution >= 0.6 is 38.9 Å². The van der Waals surface area contributed by atoms with Crippen LogP contribution in [0.2, 0.25) is 5.02 Å². The van der Waals surface area contributed by atoms with Gasteiger partial charge in [-0.15, -0.1) is 4.91 Å². The Labute approximate surface area is 148 Å². The minimum atomic E-state index is -0.198. The Morgan fingerprint density at radius 1 is 1.30 bits per heavy atom. The van der Waals surface area contributed by atoms with Crippen molar-refractivity contribution in [1.29, 1.82) is 0 Å². The van der Waals surface area contributed by atoms with E-state index < -0.39 is 0 Å². The average molecular weight is 420 g/mol. The van der Waals surface area contributed by atoms with Gasteiger partial charge in [-0.25, -0.2) is 0 Å². The van der Waals surface area contributed by atoms with Crippen LogP contribution in [0.3, 0.4) is 0 Å². The van der Waals surface area contributed by atoms with Crippen LogP contribution < -0.4 is 4.87 Å². The van der Waals surface area contributed by atoms with Crippen LogP contribution in [-0.2, 0) is 11.3 Å². The van der Waals surface area contributed by atoms with Gasteiger partial charge in [0.2, 0.25) is 5.91 Å². The van der Waals surface area contributed by atoms with Crippen LogP contribution in [0, 0.1) is 4.91 Å². The van der Waals surface area contributed by atoms with Gasteiger partial charge in [-0.2, -0.15) is 0 Å². The van der Waals surface area contributed by atoms with Gasteiger partial charge in [-0.05, 0) is 28.1 Å². The second-order valence-electron chi connectivity index (χ2n) is 5.10. The Kier molecular flexibility index (Phi) is 4.69.